The van der Waals surface area contributed by atoms with Crippen molar-refractivity contribution < 1.29 is 9.90 Å². The van der Waals surface area contributed by atoms with E-state index in [1.54, 1.807) is 11.9 Å². The molecule has 0 aliphatic rings. The molecule has 0 aliphatic heterocycles. The lowest BCUT2D eigenvalue weighted by Gasteiger charge is -2.25. The van der Waals surface area contributed by atoms with E-state index in [-0.39, 0.29) is 24.3 Å². The largest absolute Gasteiger partial charge is 0.396 e. The Morgan fingerprint density at radius 3 is 2.56 bits per heavy atom. The highest BCUT2D eigenvalue weighted by atomic mass is 16.3. The highest BCUT2D eigenvalue weighted by Gasteiger charge is 2.24. The van der Waals surface area contributed by atoms with Crippen molar-refractivity contribution in [2.75, 3.05) is 13.7 Å². The summed E-state index contributed by atoms with van der Waals surface area (Å²) >= 11 is 0. The summed E-state index contributed by atoms with van der Waals surface area (Å²) in [5.74, 6) is -0.142. The fourth-order valence-corrected chi connectivity index (χ4v) is 2.02. The molecule has 18 heavy (non-hydrogen) atoms. The lowest BCUT2D eigenvalue weighted by atomic mass is 9.95. The zero-order chi connectivity index (χ0) is 13.7. The zero-order valence-corrected chi connectivity index (χ0v) is 11.7. The smallest absolute Gasteiger partial charge is 0.228 e. The lowest BCUT2D eigenvalue weighted by molar-refractivity contribution is -0.137. The summed E-state index contributed by atoms with van der Waals surface area (Å²) in [5.41, 5.74) is 2.31. The first kappa shape index (κ1) is 14.7. The van der Waals surface area contributed by atoms with Gasteiger partial charge in [0.15, 0.2) is 0 Å². The van der Waals surface area contributed by atoms with Gasteiger partial charge in [-0.15, -0.1) is 0 Å². The number of carbonyl (C=O) groups is 1. The number of aryl methyl sites for hydroxylation is 1. The van der Waals surface area contributed by atoms with E-state index in [2.05, 4.69) is 6.07 Å². The molecule has 1 aromatic rings. The third-order valence-electron chi connectivity index (χ3n) is 3.20. The predicted molar refractivity (Wildman–Crippen MR) is 73.1 cm³/mol. The van der Waals surface area contributed by atoms with Gasteiger partial charge in [-0.05, 0) is 18.4 Å². The number of amides is 1. The van der Waals surface area contributed by atoms with Crippen molar-refractivity contribution >= 4 is 5.91 Å². The van der Waals surface area contributed by atoms with Crippen LogP contribution in [0.2, 0.25) is 0 Å². The molecule has 1 rings (SSSR count). The molecule has 1 aromatic carbocycles. The maximum absolute atomic E-state index is 12.2. The van der Waals surface area contributed by atoms with E-state index in [0.29, 0.717) is 6.54 Å². The number of benzene rings is 1. The van der Waals surface area contributed by atoms with Crippen molar-refractivity contribution in [1.29, 1.82) is 0 Å². The SMILES string of the molecule is Cc1cccc(CN(C)C(=O)C(CO)C(C)C)c1. The minimum absolute atomic E-state index is 0.00834. The fourth-order valence-electron chi connectivity index (χ4n) is 2.02. The van der Waals surface area contributed by atoms with Crippen LogP contribution >= 0.6 is 0 Å². The average Bonchev–Trinajstić information content (AvgIpc) is 2.29. The number of aliphatic hydroxyl groups is 1. The summed E-state index contributed by atoms with van der Waals surface area (Å²) in [7, 11) is 1.79. The molecular formula is C15H23NO2. The van der Waals surface area contributed by atoms with E-state index in [1.165, 1.54) is 5.56 Å². The molecule has 1 unspecified atom stereocenters. The fraction of sp³-hybridized carbons (Fsp3) is 0.533. The molecule has 0 saturated carbocycles. The standard InChI is InChI=1S/C15H23NO2/c1-11(2)14(10-17)15(18)16(4)9-13-7-5-6-12(3)8-13/h5-8,11,14,17H,9-10H2,1-4H3. The molecule has 1 atom stereocenters. The first-order valence-corrected chi connectivity index (χ1v) is 6.37. The Morgan fingerprint density at radius 1 is 1.39 bits per heavy atom. The van der Waals surface area contributed by atoms with Gasteiger partial charge in [-0.3, -0.25) is 4.79 Å². The summed E-state index contributed by atoms with van der Waals surface area (Å²) in [6.45, 7) is 6.45. The maximum atomic E-state index is 12.2. The van der Waals surface area contributed by atoms with Crippen LogP contribution in [0.3, 0.4) is 0 Å². The summed E-state index contributed by atoms with van der Waals surface area (Å²) in [6, 6.07) is 8.12. The molecule has 0 aliphatic carbocycles. The minimum atomic E-state index is -0.306. The average molecular weight is 249 g/mol. The van der Waals surface area contributed by atoms with Gasteiger partial charge in [0, 0.05) is 13.6 Å². The first-order chi connectivity index (χ1) is 8.45. The third-order valence-corrected chi connectivity index (χ3v) is 3.20. The normalized spacial score (nSPS) is 12.6. The topological polar surface area (TPSA) is 40.5 Å². The Balaban J connectivity index is 2.70. The van der Waals surface area contributed by atoms with Crippen molar-refractivity contribution in [2.24, 2.45) is 11.8 Å². The van der Waals surface area contributed by atoms with E-state index >= 15 is 0 Å². The summed E-state index contributed by atoms with van der Waals surface area (Å²) in [6.07, 6.45) is 0. The Hall–Kier alpha value is -1.35. The van der Waals surface area contributed by atoms with Crippen LogP contribution in [0.4, 0.5) is 0 Å². The van der Waals surface area contributed by atoms with Crippen LogP contribution < -0.4 is 0 Å². The van der Waals surface area contributed by atoms with E-state index in [4.69, 9.17) is 0 Å². The third kappa shape index (κ3) is 3.84. The van der Waals surface area contributed by atoms with Crippen LogP contribution in [0.25, 0.3) is 0 Å². The molecule has 0 heterocycles. The van der Waals surface area contributed by atoms with Gasteiger partial charge >= 0.3 is 0 Å². The van der Waals surface area contributed by atoms with Gasteiger partial charge in [0.1, 0.15) is 0 Å². The molecule has 100 valence electrons. The van der Waals surface area contributed by atoms with Crippen LogP contribution in [0.15, 0.2) is 24.3 Å². The Kier molecular flexibility index (Phi) is 5.35. The number of nitrogens with zero attached hydrogens (tertiary/aromatic N) is 1. The van der Waals surface area contributed by atoms with Crippen molar-refractivity contribution in [3.05, 3.63) is 35.4 Å². The molecular weight excluding hydrogens is 226 g/mol. The van der Waals surface area contributed by atoms with Crippen LogP contribution in [0.1, 0.15) is 25.0 Å². The Bertz CT molecular complexity index is 401. The van der Waals surface area contributed by atoms with E-state index in [0.717, 1.165) is 5.56 Å². The Morgan fingerprint density at radius 2 is 2.06 bits per heavy atom. The maximum Gasteiger partial charge on any atom is 0.228 e. The lowest BCUT2D eigenvalue weighted by Crippen LogP contribution is -2.36. The molecule has 1 amide bonds. The zero-order valence-electron chi connectivity index (χ0n) is 11.7. The molecule has 0 radical (unpaired) electrons. The molecule has 0 fully saturated rings. The molecule has 0 bridgehead atoms. The predicted octanol–water partition coefficient (Wildman–Crippen LogP) is 2.22. The molecule has 3 heteroatoms. The van der Waals surface area contributed by atoms with E-state index < -0.39 is 0 Å². The summed E-state index contributed by atoms with van der Waals surface area (Å²) < 4.78 is 0. The molecule has 0 spiro atoms. The van der Waals surface area contributed by atoms with Crippen molar-refractivity contribution in [1.82, 2.24) is 4.90 Å². The molecule has 1 N–H and O–H groups in total. The second-order valence-electron chi connectivity index (χ2n) is 5.22. The summed E-state index contributed by atoms with van der Waals surface area (Å²) in [5, 5.41) is 9.28. The van der Waals surface area contributed by atoms with Gasteiger partial charge < -0.3 is 10.0 Å². The van der Waals surface area contributed by atoms with Gasteiger partial charge in [-0.2, -0.15) is 0 Å². The number of hydrogen-bond acceptors (Lipinski definition) is 2. The second kappa shape index (κ2) is 6.55. The second-order valence-corrected chi connectivity index (χ2v) is 5.22. The molecule has 0 saturated heterocycles. The van der Waals surface area contributed by atoms with Gasteiger partial charge in [0.05, 0.1) is 12.5 Å². The van der Waals surface area contributed by atoms with Gasteiger partial charge in [-0.25, -0.2) is 0 Å². The monoisotopic (exact) mass is 249 g/mol. The minimum Gasteiger partial charge on any atom is -0.396 e. The van der Waals surface area contributed by atoms with E-state index in [9.17, 15) is 9.90 Å². The number of hydrogen-bond donors (Lipinski definition) is 1. The van der Waals surface area contributed by atoms with Gasteiger partial charge in [0.25, 0.3) is 0 Å². The van der Waals surface area contributed by atoms with Gasteiger partial charge in [0.2, 0.25) is 5.91 Å². The quantitative estimate of drug-likeness (QED) is 0.869. The first-order valence-electron chi connectivity index (χ1n) is 6.37. The Labute approximate surface area is 109 Å². The number of carbonyl (C=O) groups excluding carboxylic acids is 1. The van der Waals surface area contributed by atoms with Crippen molar-refractivity contribution in [2.45, 2.75) is 27.3 Å². The van der Waals surface area contributed by atoms with E-state index in [1.807, 2.05) is 39.0 Å². The molecule has 3 nitrogen and oxygen atoms in total. The highest BCUT2D eigenvalue weighted by molar-refractivity contribution is 5.78. The van der Waals surface area contributed by atoms with Crippen molar-refractivity contribution in [3.63, 3.8) is 0 Å². The van der Waals surface area contributed by atoms with Crippen molar-refractivity contribution in [3.8, 4) is 0 Å². The summed E-state index contributed by atoms with van der Waals surface area (Å²) in [4.78, 5) is 13.9. The van der Waals surface area contributed by atoms with Crippen LogP contribution in [-0.4, -0.2) is 29.6 Å². The van der Waals surface area contributed by atoms with Crippen LogP contribution in [0.5, 0.6) is 0 Å². The van der Waals surface area contributed by atoms with Gasteiger partial charge in [-0.1, -0.05) is 43.7 Å². The number of rotatable bonds is 5. The van der Waals surface area contributed by atoms with Crippen LogP contribution in [-0.2, 0) is 11.3 Å². The number of aliphatic hydroxyl groups excluding tert-OH is 1. The highest BCUT2D eigenvalue weighted by Crippen LogP contribution is 2.15. The van der Waals surface area contributed by atoms with Crippen LogP contribution in [0, 0.1) is 18.8 Å². The molecule has 0 aromatic heterocycles.